The Bertz CT molecular complexity index is 1450. The maximum atomic E-state index is 13.0. The fourth-order valence-electron chi connectivity index (χ4n) is 5.73. The molecule has 1 aliphatic rings. The van der Waals surface area contributed by atoms with Crippen LogP contribution in [0.1, 0.15) is 108 Å². The Kier molecular flexibility index (Phi) is 20.8. The zero-order valence-corrected chi connectivity index (χ0v) is 34.3. The number of methoxy groups -OCH3 is 1. The van der Waals surface area contributed by atoms with Crippen molar-refractivity contribution in [3.63, 3.8) is 0 Å². The zero-order chi connectivity index (χ0) is 38.8. The minimum atomic E-state index is -1.68. The summed E-state index contributed by atoms with van der Waals surface area (Å²) in [7, 11) is -0.146. The van der Waals surface area contributed by atoms with Crippen LogP contribution in [0, 0.1) is 11.3 Å². The summed E-state index contributed by atoms with van der Waals surface area (Å²) in [6.45, 7) is 22.4. The number of aromatic amines is 1. The highest BCUT2D eigenvalue weighted by Crippen LogP contribution is 2.50. The number of rotatable bonds is 23. The normalized spacial score (nSPS) is 20.2. The van der Waals surface area contributed by atoms with Crippen molar-refractivity contribution >= 4 is 8.53 Å². The van der Waals surface area contributed by atoms with Crippen LogP contribution in [-0.4, -0.2) is 83.1 Å². The van der Waals surface area contributed by atoms with Crippen molar-refractivity contribution in [3.05, 3.63) is 79.7 Å². The Morgan fingerprint density at radius 2 is 1.54 bits per heavy atom. The van der Waals surface area contributed by atoms with Gasteiger partial charge in [-0.3, -0.25) is 19.2 Å². The molecule has 1 aromatic rings. The van der Waals surface area contributed by atoms with E-state index in [0.29, 0.717) is 13.1 Å². The lowest BCUT2D eigenvalue weighted by Gasteiger charge is -2.38. The molecular weight excluding hydrogens is 681 g/mol. The number of H-pyrrole nitrogens is 1. The first-order chi connectivity index (χ1) is 24.7. The molecule has 0 aliphatic carbocycles. The highest BCUT2D eigenvalue weighted by Gasteiger charge is 2.50. The Labute approximate surface area is 313 Å². The number of aromatic nitrogens is 2. The van der Waals surface area contributed by atoms with Gasteiger partial charge >= 0.3 is 5.69 Å². The molecule has 0 radical (unpaired) electrons. The van der Waals surface area contributed by atoms with Crippen LogP contribution < -0.4 is 11.2 Å². The second-order valence-corrected chi connectivity index (χ2v) is 15.7. The van der Waals surface area contributed by atoms with Crippen LogP contribution in [-0.2, 0) is 23.4 Å². The molecule has 5 atom stereocenters. The third kappa shape index (κ3) is 15.7. The van der Waals surface area contributed by atoms with Gasteiger partial charge in [0.2, 0.25) is 0 Å². The van der Waals surface area contributed by atoms with Gasteiger partial charge in [-0.15, -0.1) is 0 Å². The number of allylic oxidation sites excluding steroid dienone is 6. The van der Waals surface area contributed by atoms with Gasteiger partial charge in [-0.25, -0.2) is 9.46 Å². The summed E-state index contributed by atoms with van der Waals surface area (Å²) in [6, 6.07) is 3.55. The minimum Gasteiger partial charge on any atom is -0.374 e. The molecule has 0 bridgehead atoms. The van der Waals surface area contributed by atoms with E-state index in [-0.39, 0.29) is 31.7 Å². The van der Waals surface area contributed by atoms with Gasteiger partial charge in [-0.1, -0.05) is 46.6 Å². The third-order valence-corrected chi connectivity index (χ3v) is 10.6. The summed E-state index contributed by atoms with van der Waals surface area (Å²) in [5, 5.41) is 11.2. The molecule has 12 nitrogen and oxygen atoms in total. The largest absolute Gasteiger partial charge is 0.374 e. The summed E-state index contributed by atoms with van der Waals surface area (Å²) < 4.78 is 29.0. The summed E-state index contributed by atoms with van der Waals surface area (Å²) in [5.74, 6) is 0. The SMILES string of the molecule is COC1C(OP(OCCC#N)N(C(C)C)C(C)C)[C@@H](CON(C/C=C(\C)CCC=C(C)C)C/C=C(\C)CCC=C(C)C)O[C@H]1n1ccc(=O)[nH]c1=O. The molecule has 292 valence electrons. The molecule has 0 spiro atoms. The molecule has 0 aromatic carbocycles. The van der Waals surface area contributed by atoms with Crippen molar-refractivity contribution in [1.29, 1.82) is 5.26 Å². The highest BCUT2D eigenvalue weighted by molar-refractivity contribution is 7.44. The minimum absolute atomic E-state index is 0.0674. The first kappa shape index (κ1) is 45.4. The number of hydrogen-bond acceptors (Lipinski definition) is 10. The predicted molar refractivity (Wildman–Crippen MR) is 208 cm³/mol. The second-order valence-electron chi connectivity index (χ2n) is 14.3. The van der Waals surface area contributed by atoms with E-state index in [9.17, 15) is 14.9 Å². The first-order valence-corrected chi connectivity index (χ1v) is 19.5. The summed E-state index contributed by atoms with van der Waals surface area (Å²) in [4.78, 5) is 33.8. The number of ether oxygens (including phenoxy) is 2. The van der Waals surface area contributed by atoms with Gasteiger partial charge < -0.3 is 18.5 Å². The van der Waals surface area contributed by atoms with Gasteiger partial charge in [0.1, 0.15) is 18.3 Å². The molecule has 1 fully saturated rings. The monoisotopic (exact) mass is 745 g/mol. The van der Waals surface area contributed by atoms with E-state index in [0.717, 1.165) is 25.7 Å². The van der Waals surface area contributed by atoms with Gasteiger partial charge in [0.15, 0.2) is 6.23 Å². The van der Waals surface area contributed by atoms with Crippen LogP contribution >= 0.6 is 8.53 Å². The van der Waals surface area contributed by atoms with Gasteiger partial charge in [0.25, 0.3) is 14.1 Å². The maximum Gasteiger partial charge on any atom is 0.330 e. The number of nitriles is 1. The smallest absolute Gasteiger partial charge is 0.330 e. The molecule has 1 N–H and O–H groups in total. The first-order valence-electron chi connectivity index (χ1n) is 18.4. The highest BCUT2D eigenvalue weighted by atomic mass is 31.2. The van der Waals surface area contributed by atoms with Crippen molar-refractivity contribution < 1.29 is 23.4 Å². The average molecular weight is 746 g/mol. The lowest BCUT2D eigenvalue weighted by molar-refractivity contribution is -0.181. The van der Waals surface area contributed by atoms with Gasteiger partial charge in [-0.05, 0) is 94.9 Å². The van der Waals surface area contributed by atoms with Crippen LogP contribution in [0.3, 0.4) is 0 Å². The molecule has 52 heavy (non-hydrogen) atoms. The summed E-state index contributed by atoms with van der Waals surface area (Å²) in [6.07, 6.45) is 11.3. The van der Waals surface area contributed by atoms with Crippen molar-refractivity contribution in [2.45, 2.75) is 138 Å². The van der Waals surface area contributed by atoms with Crippen LogP contribution in [0.15, 0.2) is 68.4 Å². The van der Waals surface area contributed by atoms with Crippen LogP contribution in [0.5, 0.6) is 0 Å². The lowest BCUT2D eigenvalue weighted by Crippen LogP contribution is -2.42. The molecule has 0 saturated carbocycles. The van der Waals surface area contributed by atoms with Crippen molar-refractivity contribution in [2.75, 3.05) is 33.4 Å². The summed E-state index contributed by atoms with van der Waals surface area (Å²) >= 11 is 0. The van der Waals surface area contributed by atoms with Crippen molar-refractivity contribution in [1.82, 2.24) is 19.3 Å². The second kappa shape index (κ2) is 23.8. The fraction of sp³-hybridized carbons (Fsp3) is 0.667. The van der Waals surface area contributed by atoms with E-state index >= 15 is 0 Å². The Balaban J connectivity index is 2.47. The molecule has 3 unspecified atom stereocenters. The molecule has 2 rings (SSSR count). The Morgan fingerprint density at radius 3 is 2.02 bits per heavy atom. The summed E-state index contributed by atoms with van der Waals surface area (Å²) in [5.41, 5.74) is 4.02. The van der Waals surface area contributed by atoms with Crippen molar-refractivity contribution in [2.24, 2.45) is 0 Å². The van der Waals surface area contributed by atoms with Crippen LogP contribution in [0.4, 0.5) is 0 Å². The van der Waals surface area contributed by atoms with Gasteiger partial charge in [-0.2, -0.15) is 10.3 Å². The number of hydrogen-bond donors (Lipinski definition) is 1. The molecule has 0 amide bonds. The predicted octanol–water partition coefficient (Wildman–Crippen LogP) is 7.73. The quantitative estimate of drug-likeness (QED) is 0.0514. The van der Waals surface area contributed by atoms with E-state index in [2.05, 4.69) is 109 Å². The molecule has 1 saturated heterocycles. The molecule has 1 aromatic heterocycles. The molecule has 2 heterocycles. The van der Waals surface area contributed by atoms with E-state index in [1.807, 2.05) is 5.06 Å². The van der Waals surface area contributed by atoms with E-state index < -0.39 is 44.3 Å². The molecule has 13 heteroatoms. The van der Waals surface area contributed by atoms with Gasteiger partial charge in [0, 0.05) is 44.5 Å². The zero-order valence-electron chi connectivity index (χ0n) is 33.4. The van der Waals surface area contributed by atoms with E-state index in [1.165, 1.54) is 46.2 Å². The molecule has 1 aliphatic heterocycles. The fourth-order valence-corrected chi connectivity index (χ4v) is 7.49. The standard InChI is InChI=1S/C39H64N5O7P/c1-28(2)15-12-17-32(9)19-23-42(24-20-33(10)18-13-16-29(3)4)48-27-34-36(51-52(49-26-14-22-40)44(30(5)6)31(7)8)37(47-11)38(50-34)43-25-21-35(45)41-39(43)46/h15-16,19-21,25,30-31,34,36-38H,12-14,17-18,23-24,26-27H2,1-11H3,(H,41,45,46)/b32-19+,33-20+/t34-,36?,37?,38-,52?/m1/s1. The van der Waals surface area contributed by atoms with E-state index in [4.69, 9.17) is 23.4 Å². The van der Waals surface area contributed by atoms with Crippen LogP contribution in [0.2, 0.25) is 0 Å². The number of nitrogens with zero attached hydrogens (tertiary/aromatic N) is 4. The van der Waals surface area contributed by atoms with Crippen molar-refractivity contribution in [3.8, 4) is 6.07 Å². The average Bonchev–Trinajstić information content (AvgIpc) is 3.40. The molecular formula is C39H64N5O7P. The number of nitrogens with one attached hydrogen (secondary N) is 1. The Morgan fingerprint density at radius 1 is 0.962 bits per heavy atom. The maximum absolute atomic E-state index is 13.0. The topological polar surface area (TPSA) is 131 Å². The third-order valence-electron chi connectivity index (χ3n) is 8.45. The lowest BCUT2D eigenvalue weighted by atomic mass is 10.1. The van der Waals surface area contributed by atoms with Gasteiger partial charge in [0.05, 0.1) is 25.7 Å². The Hall–Kier alpha value is -2.72. The van der Waals surface area contributed by atoms with E-state index in [1.54, 1.807) is 0 Å². The number of hydroxylamine groups is 2. The van der Waals surface area contributed by atoms with Crippen LogP contribution in [0.25, 0.3) is 0 Å².